The number of nitrogens with one attached hydrogen (secondary N) is 1. The van der Waals surface area contributed by atoms with Gasteiger partial charge in [-0.05, 0) is 29.3 Å². The summed E-state index contributed by atoms with van der Waals surface area (Å²) in [6, 6.07) is 14.2. The Morgan fingerprint density at radius 2 is 1.79 bits per heavy atom. The first-order valence-electron chi connectivity index (χ1n) is 9.05. The quantitative estimate of drug-likeness (QED) is 0.689. The highest BCUT2D eigenvalue weighted by molar-refractivity contribution is 7.89. The van der Waals surface area contributed by atoms with Crippen molar-refractivity contribution in [3.63, 3.8) is 0 Å². The van der Waals surface area contributed by atoms with Crippen molar-refractivity contribution in [1.29, 1.82) is 0 Å². The molecule has 0 fully saturated rings. The molecule has 28 heavy (non-hydrogen) atoms. The van der Waals surface area contributed by atoms with Gasteiger partial charge < -0.3 is 9.47 Å². The van der Waals surface area contributed by atoms with Gasteiger partial charge in [-0.25, -0.2) is 13.1 Å². The molecule has 0 bridgehead atoms. The van der Waals surface area contributed by atoms with Crippen molar-refractivity contribution in [3.8, 4) is 11.5 Å². The third-order valence-corrected chi connectivity index (χ3v) is 5.89. The van der Waals surface area contributed by atoms with Gasteiger partial charge in [-0.1, -0.05) is 24.3 Å². The van der Waals surface area contributed by atoms with Crippen molar-refractivity contribution in [2.75, 3.05) is 13.2 Å². The minimum absolute atomic E-state index is 0.154. The first-order chi connectivity index (χ1) is 13.6. The highest BCUT2D eigenvalue weighted by Gasteiger charge is 2.19. The van der Waals surface area contributed by atoms with E-state index in [0.29, 0.717) is 31.3 Å². The minimum Gasteiger partial charge on any atom is -0.490 e. The molecule has 7 nitrogen and oxygen atoms in total. The number of aromatic nitrogens is 2. The lowest BCUT2D eigenvalue weighted by molar-refractivity contribution is 0.297. The Kier molecular flexibility index (Phi) is 5.31. The minimum atomic E-state index is -3.69. The van der Waals surface area contributed by atoms with Crippen molar-refractivity contribution in [2.24, 2.45) is 0 Å². The van der Waals surface area contributed by atoms with E-state index in [2.05, 4.69) is 9.82 Å². The number of hydrogen-bond acceptors (Lipinski definition) is 5. The first-order valence-corrected chi connectivity index (χ1v) is 10.5. The summed E-state index contributed by atoms with van der Waals surface area (Å²) in [7, 11) is -3.69. The molecule has 2 heterocycles. The molecule has 0 saturated heterocycles. The molecule has 2 aromatic carbocycles. The maximum Gasteiger partial charge on any atom is 0.241 e. The zero-order valence-electron chi connectivity index (χ0n) is 15.2. The van der Waals surface area contributed by atoms with Crippen LogP contribution >= 0.6 is 0 Å². The number of benzene rings is 2. The smallest absolute Gasteiger partial charge is 0.241 e. The summed E-state index contributed by atoms with van der Waals surface area (Å²) in [4.78, 5) is 0.154. The predicted octanol–water partition coefficient (Wildman–Crippen LogP) is 2.57. The lowest BCUT2D eigenvalue weighted by Gasteiger charge is -2.13. The molecule has 0 saturated carbocycles. The van der Waals surface area contributed by atoms with Crippen LogP contribution in [-0.2, 0) is 23.1 Å². The van der Waals surface area contributed by atoms with Crippen LogP contribution in [0.2, 0.25) is 0 Å². The van der Waals surface area contributed by atoms with Crippen LogP contribution in [0.5, 0.6) is 11.5 Å². The van der Waals surface area contributed by atoms with Crippen molar-refractivity contribution >= 4 is 10.0 Å². The lowest BCUT2D eigenvalue weighted by Crippen LogP contribution is -2.24. The van der Waals surface area contributed by atoms with Crippen molar-refractivity contribution in [1.82, 2.24) is 14.5 Å². The lowest BCUT2D eigenvalue weighted by atomic mass is 10.1. The van der Waals surface area contributed by atoms with Crippen LogP contribution in [0.4, 0.5) is 0 Å². The monoisotopic (exact) mass is 399 g/mol. The van der Waals surface area contributed by atoms with Crippen molar-refractivity contribution < 1.29 is 17.9 Å². The third kappa shape index (κ3) is 4.18. The summed E-state index contributed by atoms with van der Waals surface area (Å²) in [6.45, 7) is 1.83. The van der Waals surface area contributed by atoms with Gasteiger partial charge in [0.05, 0.1) is 24.7 Å². The van der Waals surface area contributed by atoms with Crippen LogP contribution in [0.25, 0.3) is 0 Å². The van der Waals surface area contributed by atoms with Gasteiger partial charge in [0.1, 0.15) is 0 Å². The summed E-state index contributed by atoms with van der Waals surface area (Å²) in [5.41, 5.74) is 1.91. The molecule has 0 radical (unpaired) electrons. The fourth-order valence-electron chi connectivity index (χ4n) is 3.02. The topological polar surface area (TPSA) is 82.5 Å². The largest absolute Gasteiger partial charge is 0.490 e. The molecule has 1 aliphatic rings. The average Bonchev–Trinajstić information content (AvgIpc) is 3.09. The molecule has 3 aromatic rings. The first kappa shape index (κ1) is 18.5. The average molecular weight is 399 g/mol. The Bertz CT molecular complexity index is 1050. The van der Waals surface area contributed by atoms with Gasteiger partial charge in [0.15, 0.2) is 11.5 Å². The molecule has 1 N–H and O–H groups in total. The van der Waals surface area contributed by atoms with Crippen LogP contribution in [0.1, 0.15) is 17.5 Å². The predicted molar refractivity (Wildman–Crippen MR) is 104 cm³/mol. The molecular formula is C20H21N3O4S. The number of sulfonamides is 1. The molecule has 146 valence electrons. The summed E-state index contributed by atoms with van der Waals surface area (Å²) in [5, 5.41) is 4.21. The second-order valence-corrected chi connectivity index (χ2v) is 8.22. The van der Waals surface area contributed by atoms with E-state index < -0.39 is 10.0 Å². The Balaban J connectivity index is 1.51. The van der Waals surface area contributed by atoms with E-state index in [9.17, 15) is 8.42 Å². The van der Waals surface area contributed by atoms with E-state index in [1.807, 2.05) is 36.5 Å². The van der Waals surface area contributed by atoms with E-state index in [1.165, 1.54) is 12.1 Å². The zero-order chi connectivity index (χ0) is 19.4. The molecule has 0 aliphatic carbocycles. The van der Waals surface area contributed by atoms with Gasteiger partial charge in [0, 0.05) is 31.4 Å². The fraction of sp³-hybridized carbons (Fsp3) is 0.250. The molecule has 1 aliphatic heterocycles. The van der Waals surface area contributed by atoms with E-state index >= 15 is 0 Å². The molecule has 8 heteroatoms. The van der Waals surface area contributed by atoms with E-state index in [-0.39, 0.29) is 11.4 Å². The summed E-state index contributed by atoms with van der Waals surface area (Å²) >= 11 is 0. The van der Waals surface area contributed by atoms with Gasteiger partial charge in [-0.2, -0.15) is 5.10 Å². The van der Waals surface area contributed by atoms with E-state index in [0.717, 1.165) is 17.5 Å². The number of nitrogens with zero attached hydrogens (tertiary/aromatic N) is 2. The summed E-state index contributed by atoms with van der Waals surface area (Å²) in [6.07, 6.45) is 4.36. The van der Waals surface area contributed by atoms with Crippen LogP contribution in [0.3, 0.4) is 0 Å². The molecular weight excluding hydrogens is 378 g/mol. The van der Waals surface area contributed by atoms with Gasteiger partial charge >= 0.3 is 0 Å². The Morgan fingerprint density at radius 1 is 1.00 bits per heavy atom. The van der Waals surface area contributed by atoms with E-state index in [1.54, 1.807) is 16.9 Å². The number of ether oxygens (including phenoxy) is 2. The van der Waals surface area contributed by atoms with Crippen LogP contribution in [-0.4, -0.2) is 31.4 Å². The SMILES string of the molecule is O=S(=O)(NCc1ccccc1Cn1cccn1)c1ccc2c(c1)OCCCO2. The molecule has 0 atom stereocenters. The third-order valence-electron chi connectivity index (χ3n) is 4.49. The van der Waals surface area contributed by atoms with Crippen LogP contribution in [0.15, 0.2) is 65.8 Å². The van der Waals surface area contributed by atoms with Gasteiger partial charge in [-0.3, -0.25) is 4.68 Å². The van der Waals surface area contributed by atoms with Gasteiger partial charge in [-0.15, -0.1) is 0 Å². The van der Waals surface area contributed by atoms with Crippen molar-refractivity contribution in [3.05, 3.63) is 72.1 Å². The Morgan fingerprint density at radius 3 is 2.57 bits per heavy atom. The standard InChI is InChI=1S/C20H21N3O4S/c24-28(25,18-7-8-19-20(13-18)27-12-4-11-26-19)22-14-16-5-1-2-6-17(16)15-23-10-3-9-21-23/h1-3,5-10,13,22H,4,11-12,14-15H2. The Hall–Kier alpha value is -2.84. The molecule has 0 spiro atoms. The van der Waals surface area contributed by atoms with Crippen LogP contribution in [0, 0.1) is 0 Å². The second-order valence-electron chi connectivity index (χ2n) is 6.46. The molecule has 1 aromatic heterocycles. The van der Waals surface area contributed by atoms with Gasteiger partial charge in [0.2, 0.25) is 10.0 Å². The van der Waals surface area contributed by atoms with Gasteiger partial charge in [0.25, 0.3) is 0 Å². The summed E-state index contributed by atoms with van der Waals surface area (Å²) in [5.74, 6) is 1.03. The number of rotatable bonds is 6. The highest BCUT2D eigenvalue weighted by Crippen LogP contribution is 2.31. The maximum atomic E-state index is 12.8. The Labute approximate surface area is 164 Å². The van der Waals surface area contributed by atoms with Crippen molar-refractivity contribution in [2.45, 2.75) is 24.4 Å². The molecule has 0 amide bonds. The molecule has 4 rings (SSSR count). The summed E-state index contributed by atoms with van der Waals surface area (Å²) < 4.78 is 41.2. The second kappa shape index (κ2) is 8.04. The normalized spacial score (nSPS) is 13.9. The van der Waals surface area contributed by atoms with Crippen LogP contribution < -0.4 is 14.2 Å². The fourth-order valence-corrected chi connectivity index (χ4v) is 4.04. The number of fused-ring (bicyclic) bond motifs is 1. The van der Waals surface area contributed by atoms with E-state index in [4.69, 9.17) is 9.47 Å². The highest BCUT2D eigenvalue weighted by atomic mass is 32.2. The number of hydrogen-bond donors (Lipinski definition) is 1. The zero-order valence-corrected chi connectivity index (χ0v) is 16.1. The molecule has 0 unspecified atom stereocenters. The maximum absolute atomic E-state index is 12.8.